The number of nitrogens with zero attached hydrogens (tertiary/aromatic N) is 3. The Kier molecular flexibility index (Phi) is 3.80. The molecule has 104 valence electrons. The Balaban J connectivity index is 2.01. The molecule has 0 aromatic carbocycles. The van der Waals surface area contributed by atoms with Crippen LogP contribution in [0.15, 0.2) is 16.9 Å². The van der Waals surface area contributed by atoms with Crippen LogP contribution in [0, 0.1) is 5.41 Å². The molecule has 0 radical (unpaired) electrons. The fourth-order valence-electron chi connectivity index (χ4n) is 1.85. The fraction of sp³-hybridized carbons (Fsp3) is 0.583. The first-order chi connectivity index (χ1) is 8.85. The Bertz CT molecular complexity index is 612. The van der Waals surface area contributed by atoms with E-state index >= 15 is 0 Å². The zero-order chi connectivity index (χ0) is 14.0. The lowest BCUT2D eigenvalue weighted by atomic mass is 9.90. The Morgan fingerprint density at radius 2 is 2.21 bits per heavy atom. The highest BCUT2D eigenvalue weighted by molar-refractivity contribution is 6.20. The minimum atomic E-state index is -0.351. The molecule has 2 heterocycles. The van der Waals surface area contributed by atoms with Crippen LogP contribution in [0.25, 0.3) is 5.65 Å². The first kappa shape index (κ1) is 13.9. The van der Waals surface area contributed by atoms with Crippen LogP contribution in [-0.2, 0) is 0 Å². The first-order valence-corrected chi connectivity index (χ1v) is 6.61. The molecule has 7 heteroatoms. The van der Waals surface area contributed by atoms with E-state index in [1.165, 1.54) is 4.52 Å². The number of aromatic amines is 1. The van der Waals surface area contributed by atoms with E-state index in [0.29, 0.717) is 18.0 Å². The molecule has 0 bridgehead atoms. The second-order valence-electron chi connectivity index (χ2n) is 5.76. The predicted octanol–water partition coefficient (Wildman–Crippen LogP) is 1.87. The molecule has 0 aliphatic heterocycles. The van der Waals surface area contributed by atoms with Crippen molar-refractivity contribution in [2.24, 2.45) is 5.41 Å². The van der Waals surface area contributed by atoms with Gasteiger partial charge < -0.3 is 5.32 Å². The molecule has 2 aromatic rings. The number of hydrogen-bond donors (Lipinski definition) is 2. The maximum atomic E-state index is 11.4. The third kappa shape index (κ3) is 3.70. The number of rotatable bonds is 4. The molecule has 19 heavy (non-hydrogen) atoms. The van der Waals surface area contributed by atoms with Gasteiger partial charge in [-0.2, -0.15) is 9.61 Å². The highest BCUT2D eigenvalue weighted by Gasteiger charge is 2.16. The zero-order valence-corrected chi connectivity index (χ0v) is 12.0. The lowest BCUT2D eigenvalue weighted by Crippen LogP contribution is -2.22. The lowest BCUT2D eigenvalue weighted by Gasteiger charge is -2.22. The Morgan fingerprint density at radius 3 is 2.89 bits per heavy atom. The van der Waals surface area contributed by atoms with E-state index in [4.69, 9.17) is 11.6 Å². The number of fused-ring (bicyclic) bond motifs is 1. The van der Waals surface area contributed by atoms with E-state index in [1.54, 1.807) is 12.1 Å². The van der Waals surface area contributed by atoms with Crippen molar-refractivity contribution in [2.75, 3.05) is 11.9 Å². The van der Waals surface area contributed by atoms with Crippen LogP contribution in [0.2, 0.25) is 0 Å². The molecule has 1 atom stereocenters. The molecule has 6 nitrogen and oxygen atoms in total. The minimum Gasteiger partial charge on any atom is -0.367 e. The third-order valence-electron chi connectivity index (χ3n) is 2.61. The van der Waals surface area contributed by atoms with Crippen LogP contribution < -0.4 is 11.0 Å². The molecule has 0 spiro atoms. The maximum Gasteiger partial charge on any atom is 0.364 e. The molecule has 0 aliphatic rings. The fourth-order valence-corrected chi connectivity index (χ4v) is 2.39. The average Bonchev–Trinajstić information content (AvgIpc) is 2.66. The molecule has 2 N–H and O–H groups in total. The van der Waals surface area contributed by atoms with Gasteiger partial charge >= 0.3 is 5.69 Å². The van der Waals surface area contributed by atoms with Gasteiger partial charge in [-0.15, -0.1) is 16.7 Å². The summed E-state index contributed by atoms with van der Waals surface area (Å²) in [5.41, 5.74) is 0.330. The topological polar surface area (TPSA) is 75.1 Å². The van der Waals surface area contributed by atoms with Gasteiger partial charge in [-0.05, 0) is 24.0 Å². The Morgan fingerprint density at radius 1 is 1.47 bits per heavy atom. The molecular weight excluding hydrogens is 266 g/mol. The number of hydrogen-bond acceptors (Lipinski definition) is 4. The van der Waals surface area contributed by atoms with Crippen LogP contribution in [-0.4, -0.2) is 31.7 Å². The molecule has 1 unspecified atom stereocenters. The molecule has 0 amide bonds. The summed E-state index contributed by atoms with van der Waals surface area (Å²) in [5, 5.41) is 13.4. The molecule has 0 aliphatic carbocycles. The maximum absolute atomic E-state index is 11.4. The van der Waals surface area contributed by atoms with Crippen molar-refractivity contribution in [1.82, 2.24) is 19.8 Å². The Labute approximate surface area is 116 Å². The molecule has 0 saturated heterocycles. The van der Waals surface area contributed by atoms with Crippen molar-refractivity contribution in [3.8, 4) is 0 Å². The summed E-state index contributed by atoms with van der Waals surface area (Å²) in [6.45, 7) is 7.05. The molecular formula is C12H18ClN5O. The van der Waals surface area contributed by atoms with Gasteiger partial charge in [0.2, 0.25) is 0 Å². The Hall–Kier alpha value is -1.56. The van der Waals surface area contributed by atoms with E-state index < -0.39 is 0 Å². The number of aromatic nitrogens is 4. The van der Waals surface area contributed by atoms with Gasteiger partial charge in [-0.25, -0.2) is 9.89 Å². The zero-order valence-electron chi connectivity index (χ0n) is 11.3. The number of H-pyrrole nitrogens is 1. The van der Waals surface area contributed by atoms with Gasteiger partial charge in [0.1, 0.15) is 5.82 Å². The van der Waals surface area contributed by atoms with Crippen molar-refractivity contribution in [3.05, 3.63) is 22.6 Å². The summed E-state index contributed by atoms with van der Waals surface area (Å²) in [6.07, 6.45) is 0.898. The summed E-state index contributed by atoms with van der Waals surface area (Å²) in [5.74, 6) is 0.607. The van der Waals surface area contributed by atoms with Crippen LogP contribution in [0.5, 0.6) is 0 Å². The second kappa shape index (κ2) is 5.21. The van der Waals surface area contributed by atoms with Gasteiger partial charge in [0.15, 0.2) is 5.65 Å². The summed E-state index contributed by atoms with van der Waals surface area (Å²) >= 11 is 6.27. The number of nitrogens with one attached hydrogen (secondary N) is 2. The summed E-state index contributed by atoms with van der Waals surface area (Å²) < 4.78 is 1.22. The van der Waals surface area contributed by atoms with E-state index in [2.05, 4.69) is 41.4 Å². The predicted molar refractivity (Wildman–Crippen MR) is 75.8 cm³/mol. The number of anilines is 1. The molecule has 2 aromatic heterocycles. The van der Waals surface area contributed by atoms with Gasteiger partial charge in [-0.3, -0.25) is 0 Å². The van der Waals surface area contributed by atoms with Gasteiger partial charge in [0.05, 0.1) is 5.38 Å². The molecule has 2 rings (SSSR count). The van der Waals surface area contributed by atoms with Crippen molar-refractivity contribution in [1.29, 1.82) is 0 Å². The van der Waals surface area contributed by atoms with Gasteiger partial charge in [0.25, 0.3) is 0 Å². The summed E-state index contributed by atoms with van der Waals surface area (Å²) in [7, 11) is 0. The van der Waals surface area contributed by atoms with Gasteiger partial charge in [-0.1, -0.05) is 20.8 Å². The standard InChI is InChI=1S/C12H18ClN5O/c1-12(2,3)6-8(13)7-14-9-4-5-10-15-16-11(19)18(10)17-9/h4-5,8H,6-7H2,1-3H3,(H,14,17)(H,16,19). The van der Waals surface area contributed by atoms with Crippen molar-refractivity contribution in [2.45, 2.75) is 32.6 Å². The monoisotopic (exact) mass is 283 g/mol. The smallest absolute Gasteiger partial charge is 0.364 e. The lowest BCUT2D eigenvalue weighted by molar-refractivity contribution is 0.373. The SMILES string of the molecule is CC(C)(C)CC(Cl)CNc1ccc2n[nH]c(=O)n2n1. The quantitative estimate of drug-likeness (QED) is 0.840. The second-order valence-corrected chi connectivity index (χ2v) is 6.38. The first-order valence-electron chi connectivity index (χ1n) is 6.17. The average molecular weight is 284 g/mol. The normalized spacial score (nSPS) is 13.7. The van der Waals surface area contributed by atoms with E-state index in [0.717, 1.165) is 6.42 Å². The highest BCUT2D eigenvalue weighted by Crippen LogP contribution is 2.23. The van der Waals surface area contributed by atoms with Crippen LogP contribution in [0.1, 0.15) is 27.2 Å². The number of alkyl halides is 1. The summed E-state index contributed by atoms with van der Waals surface area (Å²) in [4.78, 5) is 11.4. The van der Waals surface area contributed by atoms with Crippen LogP contribution in [0.4, 0.5) is 5.82 Å². The van der Waals surface area contributed by atoms with Crippen LogP contribution >= 0.6 is 11.6 Å². The highest BCUT2D eigenvalue weighted by atomic mass is 35.5. The van der Waals surface area contributed by atoms with E-state index in [1.807, 2.05) is 0 Å². The largest absolute Gasteiger partial charge is 0.367 e. The molecule has 0 saturated carbocycles. The third-order valence-corrected chi connectivity index (χ3v) is 2.92. The van der Waals surface area contributed by atoms with Crippen molar-refractivity contribution in [3.63, 3.8) is 0 Å². The van der Waals surface area contributed by atoms with Gasteiger partial charge in [0, 0.05) is 6.54 Å². The van der Waals surface area contributed by atoms with Crippen LogP contribution in [0.3, 0.4) is 0 Å². The number of halogens is 1. The van der Waals surface area contributed by atoms with Crippen molar-refractivity contribution < 1.29 is 0 Å². The summed E-state index contributed by atoms with van der Waals surface area (Å²) in [6, 6.07) is 3.50. The minimum absolute atomic E-state index is 0.0126. The van der Waals surface area contributed by atoms with E-state index in [9.17, 15) is 4.79 Å². The molecule has 0 fully saturated rings. The van der Waals surface area contributed by atoms with Crippen molar-refractivity contribution >= 4 is 23.1 Å². The van der Waals surface area contributed by atoms with E-state index in [-0.39, 0.29) is 16.5 Å².